The van der Waals surface area contributed by atoms with Crippen molar-refractivity contribution in [2.24, 2.45) is 0 Å². The van der Waals surface area contributed by atoms with Gasteiger partial charge in [-0.3, -0.25) is 0 Å². The molecule has 0 aliphatic carbocycles. The Kier molecular flexibility index (Phi) is 5.92. The Labute approximate surface area is 191 Å². The molecule has 1 unspecified atom stereocenters. The van der Waals surface area contributed by atoms with Crippen molar-refractivity contribution in [2.75, 3.05) is 9.73 Å². The fraction of sp³-hybridized carbons (Fsp3) is 0.263. The quantitative estimate of drug-likeness (QED) is 0.293. The van der Waals surface area contributed by atoms with Gasteiger partial charge >= 0.3 is 12.1 Å². The zero-order chi connectivity index (χ0) is 23.2. The molecule has 31 heavy (non-hydrogen) atoms. The fourth-order valence-corrected chi connectivity index (χ4v) is 4.75. The van der Waals surface area contributed by atoms with Crippen LogP contribution in [0.25, 0.3) is 0 Å². The Morgan fingerprint density at radius 2 is 1.87 bits per heavy atom. The van der Waals surface area contributed by atoms with Crippen molar-refractivity contribution in [2.45, 2.75) is 34.8 Å². The molecule has 0 radical (unpaired) electrons. The number of rotatable bonds is 4. The molecule has 166 valence electrons. The van der Waals surface area contributed by atoms with Crippen molar-refractivity contribution in [1.29, 1.82) is 0 Å². The summed E-state index contributed by atoms with van der Waals surface area (Å²) >= 11 is 1.66. The van der Waals surface area contributed by atoms with E-state index in [1.54, 1.807) is 43.4 Å². The smallest absolute Gasteiger partial charge is 0.429 e. The molecule has 3 N–H and O–H groups in total. The number of alkyl halides is 1. The predicted octanol–water partition coefficient (Wildman–Crippen LogP) is 3.56. The Morgan fingerprint density at radius 1 is 1.19 bits per heavy atom. The molecule has 1 amide bonds. The number of carbonyl (C=O) groups is 2. The number of fused-ring (bicyclic) bond motifs is 1. The maximum absolute atomic E-state index is 13.7. The average Bonchev–Trinajstić information content (AvgIpc) is 2.98. The van der Waals surface area contributed by atoms with E-state index in [4.69, 9.17) is 4.74 Å². The number of hydrogen-bond donors (Lipinski definition) is 3. The normalized spacial score (nSPS) is 18.1. The Balaban J connectivity index is 2.19. The van der Waals surface area contributed by atoms with Gasteiger partial charge in [-0.05, 0) is 79.8 Å². The van der Waals surface area contributed by atoms with E-state index < -0.39 is 41.9 Å². The summed E-state index contributed by atoms with van der Waals surface area (Å²) < 4.78 is 44.4. The van der Waals surface area contributed by atoms with Crippen molar-refractivity contribution in [3.8, 4) is 0 Å². The van der Waals surface area contributed by atoms with Gasteiger partial charge in [-0.2, -0.15) is 4.31 Å². The molecule has 0 fully saturated rings. The number of nitrogens with zero attached hydrogens (tertiary/aromatic N) is 1. The lowest BCUT2D eigenvalue weighted by atomic mass is 10.1. The highest BCUT2D eigenvalue weighted by atomic mass is 127. The average molecular weight is 563 g/mol. The first-order valence-electron chi connectivity index (χ1n) is 8.89. The molecule has 12 heteroatoms. The predicted molar refractivity (Wildman–Crippen MR) is 119 cm³/mol. The third kappa shape index (κ3) is 4.45. The first kappa shape index (κ1) is 23.2. The van der Waals surface area contributed by atoms with Crippen LogP contribution in [0.1, 0.15) is 26.3 Å². The lowest BCUT2D eigenvalue weighted by Crippen LogP contribution is -2.42. The van der Waals surface area contributed by atoms with E-state index in [1.807, 2.05) is 0 Å². The summed E-state index contributed by atoms with van der Waals surface area (Å²) in [6.07, 6.45) is -1.22. The van der Waals surface area contributed by atoms with Gasteiger partial charge in [0.15, 0.2) is 0 Å². The molecule has 1 aliphatic heterocycles. The maximum atomic E-state index is 13.7. The molecule has 9 nitrogen and oxygen atoms in total. The van der Waals surface area contributed by atoms with Crippen LogP contribution in [-0.2, 0) is 23.1 Å². The number of carboxylic acids is 1. The Morgan fingerprint density at radius 3 is 2.45 bits per heavy atom. The molecule has 3 rings (SSSR count). The van der Waals surface area contributed by atoms with E-state index in [0.29, 0.717) is 9.99 Å². The monoisotopic (exact) mass is 563 g/mol. The number of halogens is 2. The van der Waals surface area contributed by atoms with Crippen LogP contribution >= 0.6 is 22.6 Å². The first-order valence-corrected chi connectivity index (χ1v) is 11.4. The summed E-state index contributed by atoms with van der Waals surface area (Å²) in [5.41, 5.74) is 4.73. The summed E-state index contributed by atoms with van der Waals surface area (Å²) in [6, 6.07) is 8.20. The van der Waals surface area contributed by atoms with Gasteiger partial charge in [0.2, 0.25) is 3.55 Å². The number of carbonyl (C=O) groups excluding carboxylic acids is 1. The summed E-state index contributed by atoms with van der Waals surface area (Å²) in [5, 5.41) is 9.60. The third-order valence-corrected chi connectivity index (χ3v) is 7.17. The number of aliphatic carboxylic acids is 1. The molecular formula is C19H19FIN3O6S. The van der Waals surface area contributed by atoms with Gasteiger partial charge in [0.05, 0.1) is 16.3 Å². The van der Waals surface area contributed by atoms with Crippen molar-refractivity contribution in [1.82, 2.24) is 5.43 Å². The number of hydrazine groups is 1. The number of sulfonamides is 1. The second kappa shape index (κ2) is 7.91. The highest BCUT2D eigenvalue weighted by molar-refractivity contribution is 14.1. The minimum atomic E-state index is -4.60. The highest BCUT2D eigenvalue weighted by Gasteiger charge is 2.45. The summed E-state index contributed by atoms with van der Waals surface area (Å²) in [7, 11) is -4.60. The van der Waals surface area contributed by atoms with E-state index in [2.05, 4.69) is 10.9 Å². The van der Waals surface area contributed by atoms with Gasteiger partial charge in [-0.25, -0.2) is 27.8 Å². The summed E-state index contributed by atoms with van der Waals surface area (Å²) in [4.78, 5) is 24.2. The van der Waals surface area contributed by atoms with E-state index in [9.17, 15) is 27.5 Å². The molecule has 0 saturated carbocycles. The maximum Gasteiger partial charge on any atom is 0.429 e. The highest BCUT2D eigenvalue weighted by Crippen LogP contribution is 2.42. The van der Waals surface area contributed by atoms with Crippen LogP contribution in [0.3, 0.4) is 0 Å². The van der Waals surface area contributed by atoms with Crippen LogP contribution in [0.15, 0.2) is 47.4 Å². The van der Waals surface area contributed by atoms with Gasteiger partial charge in [0, 0.05) is 5.56 Å². The number of anilines is 2. The van der Waals surface area contributed by atoms with Gasteiger partial charge < -0.3 is 15.3 Å². The van der Waals surface area contributed by atoms with Crippen LogP contribution < -0.4 is 15.2 Å². The number of benzene rings is 2. The van der Waals surface area contributed by atoms with Gasteiger partial charge in [0.1, 0.15) is 11.4 Å². The van der Waals surface area contributed by atoms with Gasteiger partial charge in [0.25, 0.3) is 10.0 Å². The molecule has 1 heterocycles. The van der Waals surface area contributed by atoms with E-state index in [1.165, 1.54) is 24.3 Å². The van der Waals surface area contributed by atoms with Crippen LogP contribution in [-0.4, -0.2) is 31.2 Å². The van der Waals surface area contributed by atoms with Crippen molar-refractivity contribution < 1.29 is 32.2 Å². The topological polar surface area (TPSA) is 125 Å². The second-order valence-corrected chi connectivity index (χ2v) is 11.1. The number of ether oxygens (including phenoxy) is 1. The number of nitrogens with one attached hydrogen (secondary N) is 2. The minimum absolute atomic E-state index is 0.162. The summed E-state index contributed by atoms with van der Waals surface area (Å²) in [6.45, 7) is 4.69. The van der Waals surface area contributed by atoms with Crippen LogP contribution in [0.2, 0.25) is 0 Å². The number of hydrogen-bond acceptors (Lipinski definition) is 7. The Bertz CT molecular complexity index is 1170. The van der Waals surface area contributed by atoms with E-state index in [-0.39, 0.29) is 11.3 Å². The molecule has 1 atom stereocenters. The molecule has 0 aromatic heterocycles. The van der Waals surface area contributed by atoms with Crippen molar-refractivity contribution in [3.05, 3.63) is 53.8 Å². The largest absolute Gasteiger partial charge is 0.479 e. The van der Waals surface area contributed by atoms with Gasteiger partial charge in [-0.15, -0.1) is 0 Å². The fourth-order valence-electron chi connectivity index (χ4n) is 2.82. The van der Waals surface area contributed by atoms with Crippen LogP contribution in [0, 0.1) is 5.82 Å². The zero-order valence-electron chi connectivity index (χ0n) is 16.6. The Hall–Kier alpha value is -2.45. The minimum Gasteiger partial charge on any atom is -0.479 e. The molecule has 0 bridgehead atoms. The lowest BCUT2D eigenvalue weighted by Gasteiger charge is -2.27. The van der Waals surface area contributed by atoms with E-state index >= 15 is 0 Å². The molecule has 0 spiro atoms. The first-order chi connectivity index (χ1) is 14.3. The van der Waals surface area contributed by atoms with Gasteiger partial charge in [-0.1, -0.05) is 6.07 Å². The SMILES string of the molecule is CC(C)(C)OC(=O)N(c1ccc2c(c1)C(I)(C(=O)O)NN2)S(=O)(=O)c1cccc(F)c1. The van der Waals surface area contributed by atoms with Crippen LogP contribution in [0.5, 0.6) is 0 Å². The van der Waals surface area contributed by atoms with E-state index in [0.717, 1.165) is 18.2 Å². The molecule has 0 saturated heterocycles. The summed E-state index contributed by atoms with van der Waals surface area (Å²) in [5.74, 6) is -2.03. The van der Waals surface area contributed by atoms with Crippen molar-refractivity contribution >= 4 is 56.1 Å². The number of carboxylic acid groups (broad SMARTS) is 1. The standard InChI is InChI=1S/C19H19FIN3O6S/c1-18(2,3)30-17(27)24(31(28,29)13-6-4-5-11(20)9-13)12-7-8-15-14(10-12)19(21,16(25)26)23-22-15/h4-10,22-23H,1-3H3,(H,25,26). The molecule has 2 aromatic carbocycles. The molecular weight excluding hydrogens is 544 g/mol. The molecule has 2 aromatic rings. The zero-order valence-corrected chi connectivity index (χ0v) is 19.6. The van der Waals surface area contributed by atoms with Crippen molar-refractivity contribution in [3.63, 3.8) is 0 Å². The van der Waals surface area contributed by atoms with Crippen LogP contribution in [0.4, 0.5) is 20.6 Å². The third-order valence-electron chi connectivity index (χ3n) is 4.17. The molecule has 1 aliphatic rings. The number of amides is 1. The lowest BCUT2D eigenvalue weighted by molar-refractivity contribution is -0.140. The second-order valence-electron chi connectivity index (χ2n) is 7.65.